The van der Waals surface area contributed by atoms with Gasteiger partial charge < -0.3 is 11.1 Å². The molecular weight excluding hydrogens is 214 g/mol. The van der Waals surface area contributed by atoms with Crippen molar-refractivity contribution in [2.75, 3.05) is 19.6 Å². The molecule has 0 bridgehead atoms. The van der Waals surface area contributed by atoms with Gasteiger partial charge in [0.05, 0.1) is 6.04 Å². The number of nitrogens with one attached hydrogen (secondary N) is 1. The van der Waals surface area contributed by atoms with Gasteiger partial charge in [-0.25, -0.2) is 0 Å². The summed E-state index contributed by atoms with van der Waals surface area (Å²) in [5.74, 6) is 0.243. The molecule has 0 heterocycles. The van der Waals surface area contributed by atoms with Crippen LogP contribution >= 0.6 is 0 Å². The van der Waals surface area contributed by atoms with Gasteiger partial charge in [0.2, 0.25) is 5.91 Å². The van der Waals surface area contributed by atoms with Gasteiger partial charge in [0.1, 0.15) is 0 Å². The molecule has 1 amide bonds. The first-order valence-corrected chi connectivity index (χ1v) is 6.87. The van der Waals surface area contributed by atoms with Crippen LogP contribution in [-0.2, 0) is 4.79 Å². The first-order chi connectivity index (χ1) is 8.10. The summed E-state index contributed by atoms with van der Waals surface area (Å²) < 4.78 is 0. The van der Waals surface area contributed by atoms with Crippen molar-refractivity contribution in [3.05, 3.63) is 0 Å². The van der Waals surface area contributed by atoms with E-state index in [9.17, 15) is 4.79 Å². The smallest absolute Gasteiger partial charge is 0.237 e. The lowest BCUT2D eigenvalue weighted by Gasteiger charge is -2.22. The summed E-state index contributed by atoms with van der Waals surface area (Å²) in [5.41, 5.74) is 5.87. The zero-order valence-electron chi connectivity index (χ0n) is 11.4. The molecule has 2 unspecified atom stereocenters. The number of amides is 1. The van der Waals surface area contributed by atoms with Crippen molar-refractivity contribution in [1.29, 1.82) is 0 Å². The highest BCUT2D eigenvalue weighted by atomic mass is 16.2. The van der Waals surface area contributed by atoms with E-state index in [-0.39, 0.29) is 17.9 Å². The lowest BCUT2D eigenvalue weighted by Crippen LogP contribution is -2.46. The molecule has 0 spiro atoms. The molecule has 0 aliphatic heterocycles. The second kappa shape index (κ2) is 6.97. The number of nitrogens with two attached hydrogens (primary N) is 1. The third-order valence-electron chi connectivity index (χ3n) is 3.73. The minimum Gasteiger partial charge on any atom is -0.353 e. The zero-order chi connectivity index (χ0) is 12.8. The Kier molecular flexibility index (Phi) is 5.92. The fourth-order valence-corrected chi connectivity index (χ4v) is 1.99. The van der Waals surface area contributed by atoms with Gasteiger partial charge in [-0.05, 0) is 25.3 Å². The van der Waals surface area contributed by atoms with Crippen molar-refractivity contribution >= 4 is 5.91 Å². The molecule has 100 valence electrons. The van der Waals surface area contributed by atoms with Crippen LogP contribution in [0.1, 0.15) is 40.0 Å². The van der Waals surface area contributed by atoms with Gasteiger partial charge in [-0.1, -0.05) is 27.2 Å². The van der Waals surface area contributed by atoms with Crippen LogP contribution in [0.25, 0.3) is 0 Å². The van der Waals surface area contributed by atoms with Gasteiger partial charge >= 0.3 is 0 Å². The molecule has 0 aromatic heterocycles. The maximum atomic E-state index is 11.7. The summed E-state index contributed by atoms with van der Waals surface area (Å²) in [6.45, 7) is 8.98. The topological polar surface area (TPSA) is 58.4 Å². The number of rotatable bonds is 8. The number of carbonyl (C=O) groups excluding carboxylic acids is 1. The van der Waals surface area contributed by atoms with E-state index in [2.05, 4.69) is 24.1 Å². The van der Waals surface area contributed by atoms with Crippen LogP contribution in [0.15, 0.2) is 0 Å². The Morgan fingerprint density at radius 3 is 2.59 bits per heavy atom. The van der Waals surface area contributed by atoms with Crippen LogP contribution < -0.4 is 11.1 Å². The Balaban J connectivity index is 2.18. The van der Waals surface area contributed by atoms with E-state index in [1.165, 1.54) is 12.8 Å². The molecule has 1 rings (SSSR count). The number of carbonyl (C=O) groups is 1. The quantitative estimate of drug-likeness (QED) is 0.665. The normalized spacial score (nSPS) is 19.1. The highest BCUT2D eigenvalue weighted by Gasteiger charge is 2.27. The average molecular weight is 241 g/mol. The Labute approximate surface area is 105 Å². The van der Waals surface area contributed by atoms with Crippen LogP contribution in [0, 0.1) is 5.92 Å². The number of hydrogen-bond acceptors (Lipinski definition) is 3. The molecule has 0 aromatic rings. The van der Waals surface area contributed by atoms with Crippen LogP contribution in [0.5, 0.6) is 0 Å². The molecule has 0 saturated heterocycles. The van der Waals surface area contributed by atoms with Crippen LogP contribution in [-0.4, -0.2) is 42.5 Å². The maximum Gasteiger partial charge on any atom is 0.237 e. The molecule has 2 atom stereocenters. The first-order valence-electron chi connectivity index (χ1n) is 6.87. The molecule has 1 saturated carbocycles. The lowest BCUT2D eigenvalue weighted by molar-refractivity contribution is -0.123. The minimum atomic E-state index is -0.365. The van der Waals surface area contributed by atoms with Crippen molar-refractivity contribution in [3.63, 3.8) is 0 Å². The lowest BCUT2D eigenvalue weighted by atomic mass is 9.99. The van der Waals surface area contributed by atoms with E-state index in [1.54, 1.807) is 0 Å². The first kappa shape index (κ1) is 14.5. The molecular formula is C13H27N3O. The zero-order valence-corrected chi connectivity index (χ0v) is 11.4. The highest BCUT2D eigenvalue weighted by Crippen LogP contribution is 2.25. The Morgan fingerprint density at radius 1 is 1.47 bits per heavy atom. The Morgan fingerprint density at radius 2 is 2.12 bits per heavy atom. The van der Waals surface area contributed by atoms with Crippen molar-refractivity contribution < 1.29 is 4.79 Å². The Bertz CT molecular complexity index is 241. The van der Waals surface area contributed by atoms with E-state index in [0.717, 1.165) is 25.6 Å². The monoisotopic (exact) mass is 241 g/mol. The number of nitrogens with zero attached hydrogens (tertiary/aromatic N) is 1. The third-order valence-corrected chi connectivity index (χ3v) is 3.73. The summed E-state index contributed by atoms with van der Waals surface area (Å²) in [4.78, 5) is 14.2. The summed E-state index contributed by atoms with van der Waals surface area (Å²) in [7, 11) is 0. The second-order valence-electron chi connectivity index (χ2n) is 5.06. The van der Waals surface area contributed by atoms with Crippen molar-refractivity contribution in [2.45, 2.75) is 52.1 Å². The highest BCUT2D eigenvalue weighted by molar-refractivity contribution is 5.81. The summed E-state index contributed by atoms with van der Waals surface area (Å²) in [6, 6.07) is 0.399. The van der Waals surface area contributed by atoms with Crippen LogP contribution in [0.2, 0.25) is 0 Å². The van der Waals surface area contributed by atoms with Crippen molar-refractivity contribution in [1.82, 2.24) is 10.2 Å². The molecule has 4 heteroatoms. The molecule has 3 N–H and O–H groups in total. The predicted molar refractivity (Wildman–Crippen MR) is 70.7 cm³/mol. The van der Waals surface area contributed by atoms with E-state index in [4.69, 9.17) is 5.73 Å². The molecule has 4 nitrogen and oxygen atoms in total. The summed E-state index contributed by atoms with van der Waals surface area (Å²) >= 11 is 0. The molecule has 0 aromatic carbocycles. The number of likely N-dealkylation sites (N-methyl/N-ethyl adjacent to an activating group) is 1. The molecule has 1 fully saturated rings. The van der Waals surface area contributed by atoms with E-state index >= 15 is 0 Å². The summed E-state index contributed by atoms with van der Waals surface area (Å²) in [6.07, 6.45) is 3.57. The minimum absolute atomic E-state index is 0.00815. The van der Waals surface area contributed by atoms with Gasteiger partial charge in [-0.3, -0.25) is 9.69 Å². The number of hydrogen-bond donors (Lipinski definition) is 2. The summed E-state index contributed by atoms with van der Waals surface area (Å²) in [5, 5.41) is 2.94. The standard InChI is InChI=1S/C13H27N3O/c1-4-10(3)12(14)13(17)15-8-9-16(5-2)11-6-7-11/h10-12H,4-9,14H2,1-3H3,(H,15,17). The van der Waals surface area contributed by atoms with Gasteiger partial charge in [-0.15, -0.1) is 0 Å². The van der Waals surface area contributed by atoms with Crippen LogP contribution in [0.4, 0.5) is 0 Å². The van der Waals surface area contributed by atoms with E-state index in [1.807, 2.05) is 6.92 Å². The average Bonchev–Trinajstić information content (AvgIpc) is 3.16. The molecule has 17 heavy (non-hydrogen) atoms. The SMILES string of the molecule is CCC(C)C(N)C(=O)NCCN(CC)C1CC1. The van der Waals surface area contributed by atoms with Gasteiger partial charge in [0, 0.05) is 19.1 Å². The van der Waals surface area contributed by atoms with Crippen molar-refractivity contribution in [3.8, 4) is 0 Å². The van der Waals surface area contributed by atoms with Gasteiger partial charge in [0.25, 0.3) is 0 Å². The van der Waals surface area contributed by atoms with E-state index < -0.39 is 0 Å². The fourth-order valence-electron chi connectivity index (χ4n) is 1.99. The van der Waals surface area contributed by atoms with Gasteiger partial charge in [-0.2, -0.15) is 0 Å². The molecule has 0 radical (unpaired) electrons. The second-order valence-corrected chi connectivity index (χ2v) is 5.06. The van der Waals surface area contributed by atoms with Gasteiger partial charge in [0.15, 0.2) is 0 Å². The Hall–Kier alpha value is -0.610. The van der Waals surface area contributed by atoms with E-state index in [0.29, 0.717) is 6.54 Å². The third kappa shape index (κ3) is 4.64. The maximum absolute atomic E-state index is 11.7. The predicted octanol–water partition coefficient (Wildman–Crippen LogP) is 0.960. The molecule has 1 aliphatic rings. The fraction of sp³-hybridized carbons (Fsp3) is 0.923. The van der Waals surface area contributed by atoms with Crippen LogP contribution in [0.3, 0.4) is 0 Å². The van der Waals surface area contributed by atoms with Crippen molar-refractivity contribution in [2.24, 2.45) is 11.7 Å². The largest absolute Gasteiger partial charge is 0.353 e. The molecule has 1 aliphatic carbocycles.